The van der Waals surface area contributed by atoms with Crippen LogP contribution in [0.2, 0.25) is 0 Å². The van der Waals surface area contributed by atoms with Crippen molar-refractivity contribution in [1.29, 1.82) is 0 Å². The van der Waals surface area contributed by atoms with E-state index in [1.165, 1.54) is 0 Å². The van der Waals surface area contributed by atoms with E-state index < -0.39 is 0 Å². The van der Waals surface area contributed by atoms with Crippen molar-refractivity contribution in [2.45, 2.75) is 45.5 Å². The minimum absolute atomic E-state index is 0.0746. The van der Waals surface area contributed by atoms with Gasteiger partial charge >= 0.3 is 7.12 Å². The predicted octanol–water partition coefficient (Wildman–Crippen LogP) is 3.19. The normalized spacial score (nSPS) is 21.5. The Morgan fingerprint density at radius 1 is 1.30 bits per heavy atom. The van der Waals surface area contributed by atoms with Crippen molar-refractivity contribution in [3.8, 4) is 0 Å². The first-order valence-electron chi connectivity index (χ1n) is 6.65. The second kappa shape index (κ2) is 5.85. The van der Waals surface area contributed by atoms with Crippen LogP contribution in [0.1, 0.15) is 37.4 Å². The maximum Gasteiger partial charge on any atom is 0.491 e. The quantitative estimate of drug-likeness (QED) is 0.662. The van der Waals surface area contributed by atoms with E-state index in [2.05, 4.69) is 12.6 Å². The van der Waals surface area contributed by atoms with E-state index in [9.17, 15) is 0 Å². The molecule has 2 rings (SSSR count). The monoisotopic (exact) mass is 312 g/mol. The lowest BCUT2D eigenvalue weighted by atomic mass is 9.79. The summed E-state index contributed by atoms with van der Waals surface area (Å²) in [4.78, 5) is 2.02. The molecule has 1 aliphatic rings. The molecule has 6 heteroatoms. The van der Waals surface area contributed by atoms with Crippen LogP contribution < -0.4 is 0 Å². The van der Waals surface area contributed by atoms with Gasteiger partial charge in [-0.1, -0.05) is 0 Å². The first kappa shape index (κ1) is 16.1. The molecule has 0 bridgehead atoms. The lowest BCUT2D eigenvalue weighted by molar-refractivity contribution is 0.00578. The van der Waals surface area contributed by atoms with Crippen LogP contribution in [0, 0.1) is 0 Å². The molecule has 1 aromatic heterocycles. The van der Waals surface area contributed by atoms with Crippen molar-refractivity contribution in [1.82, 2.24) is 0 Å². The van der Waals surface area contributed by atoms with Crippen LogP contribution in [0.25, 0.3) is 6.08 Å². The number of thiol groups is 1. The Bertz CT molecular complexity index is 492. The van der Waals surface area contributed by atoms with Gasteiger partial charge in [0.05, 0.1) is 17.8 Å². The largest absolute Gasteiger partial charge is 0.491 e. The molecule has 2 heterocycles. The molecule has 0 atom stereocenters. The third kappa shape index (κ3) is 3.15. The zero-order valence-electron chi connectivity index (χ0n) is 12.3. The summed E-state index contributed by atoms with van der Waals surface area (Å²) in [7, 11) is -0.364. The molecule has 1 aromatic rings. The Morgan fingerprint density at radius 2 is 1.90 bits per heavy atom. The molecular weight excluding hydrogens is 291 g/mol. The van der Waals surface area contributed by atoms with Crippen LogP contribution in [0.4, 0.5) is 0 Å². The lowest BCUT2D eigenvalue weighted by Gasteiger charge is -2.32. The summed E-state index contributed by atoms with van der Waals surface area (Å²) >= 11 is 5.95. The number of hydrogen-bond donors (Lipinski definition) is 2. The van der Waals surface area contributed by atoms with E-state index in [0.717, 1.165) is 15.2 Å². The molecule has 110 valence electrons. The number of rotatable bonds is 4. The van der Waals surface area contributed by atoms with Gasteiger partial charge in [-0.25, -0.2) is 0 Å². The average molecular weight is 312 g/mol. The molecule has 1 N–H and O–H groups in total. The maximum absolute atomic E-state index is 9.12. The fourth-order valence-electron chi connectivity index (χ4n) is 1.92. The zero-order valence-corrected chi connectivity index (χ0v) is 14.1. The predicted molar refractivity (Wildman–Crippen MR) is 88.2 cm³/mol. The van der Waals surface area contributed by atoms with Crippen LogP contribution >= 0.6 is 24.0 Å². The van der Waals surface area contributed by atoms with Crippen LogP contribution in [-0.4, -0.2) is 29.2 Å². The maximum atomic E-state index is 9.12. The summed E-state index contributed by atoms with van der Waals surface area (Å²) < 4.78 is 12.1. The molecule has 1 saturated heterocycles. The van der Waals surface area contributed by atoms with E-state index >= 15 is 0 Å². The Morgan fingerprint density at radius 3 is 2.35 bits per heavy atom. The first-order valence-corrected chi connectivity index (χ1v) is 8.10. The summed E-state index contributed by atoms with van der Waals surface area (Å²) in [6.07, 6.45) is 2.04. The molecule has 1 aliphatic heterocycles. The standard InChI is InChI=1S/C14H21BO3S2/c1-13(2)14(3,4)18-15(17-13)10(9-19)7-11-5-6-12(8-16)20-11/h5-7,16,19H,8-9H2,1-4H3. The van der Waals surface area contributed by atoms with E-state index in [0.29, 0.717) is 5.75 Å². The van der Waals surface area contributed by atoms with Gasteiger partial charge in [0, 0.05) is 15.5 Å². The van der Waals surface area contributed by atoms with Crippen molar-refractivity contribution in [2.24, 2.45) is 0 Å². The molecule has 0 aliphatic carbocycles. The zero-order chi connectivity index (χ0) is 15.0. The molecular formula is C14H21BO3S2. The molecule has 0 saturated carbocycles. The second-order valence-corrected chi connectivity index (χ2v) is 7.44. The smallest absolute Gasteiger partial charge is 0.400 e. The third-order valence-corrected chi connectivity index (χ3v) is 5.29. The van der Waals surface area contributed by atoms with Gasteiger partial charge in [0.1, 0.15) is 0 Å². The van der Waals surface area contributed by atoms with E-state index in [4.69, 9.17) is 14.4 Å². The van der Waals surface area contributed by atoms with Crippen LogP contribution in [-0.2, 0) is 15.9 Å². The summed E-state index contributed by atoms with van der Waals surface area (Å²) in [5.41, 5.74) is 0.315. The molecule has 20 heavy (non-hydrogen) atoms. The summed E-state index contributed by atoms with van der Waals surface area (Å²) in [5, 5.41) is 9.12. The van der Waals surface area contributed by atoms with Crippen LogP contribution in [0.15, 0.2) is 17.6 Å². The molecule has 0 amide bonds. The second-order valence-electron chi connectivity index (χ2n) is 5.93. The molecule has 1 fully saturated rings. The highest BCUT2D eigenvalue weighted by Gasteiger charge is 2.52. The topological polar surface area (TPSA) is 38.7 Å². The van der Waals surface area contributed by atoms with E-state index in [1.807, 2.05) is 45.9 Å². The number of aliphatic hydroxyl groups excluding tert-OH is 1. The lowest BCUT2D eigenvalue weighted by Crippen LogP contribution is -2.41. The highest BCUT2D eigenvalue weighted by Crippen LogP contribution is 2.39. The minimum atomic E-state index is -0.364. The van der Waals surface area contributed by atoms with Gasteiger partial charge in [-0.2, -0.15) is 12.6 Å². The molecule has 0 aromatic carbocycles. The highest BCUT2D eigenvalue weighted by atomic mass is 32.1. The van der Waals surface area contributed by atoms with Gasteiger partial charge in [-0.05, 0) is 51.4 Å². The average Bonchev–Trinajstić information content (AvgIpc) is 2.89. The van der Waals surface area contributed by atoms with Gasteiger partial charge in [0.15, 0.2) is 0 Å². The highest BCUT2D eigenvalue weighted by molar-refractivity contribution is 7.80. The third-order valence-electron chi connectivity index (χ3n) is 3.90. The van der Waals surface area contributed by atoms with E-state index in [1.54, 1.807) is 11.3 Å². The minimum Gasteiger partial charge on any atom is -0.400 e. The Labute approximate surface area is 130 Å². The Hall–Kier alpha value is -0.265. The summed E-state index contributed by atoms with van der Waals surface area (Å²) in [6.45, 7) is 8.23. The Balaban J connectivity index is 2.21. The van der Waals surface area contributed by atoms with Crippen molar-refractivity contribution in [3.05, 3.63) is 27.4 Å². The summed E-state index contributed by atoms with van der Waals surface area (Å²) in [6, 6.07) is 3.92. The van der Waals surface area contributed by atoms with Gasteiger partial charge in [-0.3, -0.25) is 0 Å². The van der Waals surface area contributed by atoms with Crippen LogP contribution in [0.5, 0.6) is 0 Å². The number of thiophene rings is 1. The van der Waals surface area contributed by atoms with Gasteiger partial charge in [0.25, 0.3) is 0 Å². The Kier molecular flexibility index (Phi) is 4.71. The molecule has 0 spiro atoms. The van der Waals surface area contributed by atoms with Crippen molar-refractivity contribution >= 4 is 37.2 Å². The van der Waals surface area contributed by atoms with Gasteiger partial charge in [0.2, 0.25) is 0 Å². The van der Waals surface area contributed by atoms with Crippen molar-refractivity contribution in [2.75, 3.05) is 5.75 Å². The van der Waals surface area contributed by atoms with E-state index in [-0.39, 0.29) is 24.9 Å². The molecule has 3 nitrogen and oxygen atoms in total. The first-order chi connectivity index (χ1) is 9.29. The fourth-order valence-corrected chi connectivity index (χ4v) is 3.01. The molecule has 0 unspecified atom stereocenters. The fraction of sp³-hybridized carbons (Fsp3) is 0.571. The SMILES string of the molecule is CC1(C)OB(C(=Cc2ccc(CO)s2)CS)OC1(C)C. The summed E-state index contributed by atoms with van der Waals surface area (Å²) in [5.74, 6) is 0.573. The van der Waals surface area contributed by atoms with Crippen LogP contribution in [0.3, 0.4) is 0 Å². The van der Waals surface area contributed by atoms with Gasteiger partial charge < -0.3 is 14.4 Å². The van der Waals surface area contributed by atoms with Crippen molar-refractivity contribution < 1.29 is 14.4 Å². The van der Waals surface area contributed by atoms with Gasteiger partial charge in [-0.15, -0.1) is 11.3 Å². The molecule has 0 radical (unpaired) electrons. The van der Waals surface area contributed by atoms with Crippen molar-refractivity contribution in [3.63, 3.8) is 0 Å². The number of hydrogen-bond acceptors (Lipinski definition) is 5. The number of aliphatic hydroxyl groups is 1.